The maximum Gasteiger partial charge on any atom is 0.153 e. The van der Waals surface area contributed by atoms with E-state index in [2.05, 4.69) is 33.9 Å². The molecule has 90 valence electrons. The van der Waals surface area contributed by atoms with E-state index < -0.39 is 0 Å². The Morgan fingerprint density at radius 3 is 2.75 bits per heavy atom. The van der Waals surface area contributed by atoms with Gasteiger partial charge in [0.05, 0.1) is 5.54 Å². The van der Waals surface area contributed by atoms with Gasteiger partial charge in [0.1, 0.15) is 5.82 Å². The number of aromatic nitrogens is 3. The van der Waals surface area contributed by atoms with Crippen LogP contribution in [-0.4, -0.2) is 21.3 Å². The van der Waals surface area contributed by atoms with Crippen molar-refractivity contribution in [3.05, 3.63) is 11.6 Å². The SMILES string of the molecule is CCCC1(c2nnc(C)n2CC)CCCN1. The summed E-state index contributed by atoms with van der Waals surface area (Å²) in [6, 6.07) is 0. The molecule has 1 aliphatic rings. The van der Waals surface area contributed by atoms with Gasteiger partial charge in [-0.1, -0.05) is 13.3 Å². The van der Waals surface area contributed by atoms with Crippen LogP contribution in [0, 0.1) is 6.92 Å². The quantitative estimate of drug-likeness (QED) is 0.847. The molecule has 4 heteroatoms. The van der Waals surface area contributed by atoms with E-state index in [4.69, 9.17) is 0 Å². The van der Waals surface area contributed by atoms with Gasteiger partial charge < -0.3 is 9.88 Å². The summed E-state index contributed by atoms with van der Waals surface area (Å²) in [5.41, 5.74) is 0.0893. The molecule has 1 N–H and O–H groups in total. The molecule has 1 fully saturated rings. The Balaban J connectivity index is 2.38. The minimum absolute atomic E-state index is 0.0893. The van der Waals surface area contributed by atoms with Gasteiger partial charge in [0, 0.05) is 6.54 Å². The second-order valence-corrected chi connectivity index (χ2v) is 4.68. The van der Waals surface area contributed by atoms with E-state index in [9.17, 15) is 0 Å². The second kappa shape index (κ2) is 4.53. The van der Waals surface area contributed by atoms with Crippen molar-refractivity contribution in [2.24, 2.45) is 0 Å². The molecule has 1 unspecified atom stereocenters. The Hall–Kier alpha value is -0.900. The molecule has 0 bridgehead atoms. The molecule has 0 aliphatic carbocycles. The van der Waals surface area contributed by atoms with Gasteiger partial charge in [-0.2, -0.15) is 0 Å². The number of nitrogens with one attached hydrogen (secondary N) is 1. The standard InChI is InChI=1S/C12H22N4/c1-4-7-12(8-6-9-13-12)11-15-14-10(3)16(11)5-2/h13H,4-9H2,1-3H3. The van der Waals surface area contributed by atoms with Crippen molar-refractivity contribution >= 4 is 0 Å². The van der Waals surface area contributed by atoms with Gasteiger partial charge in [-0.05, 0) is 39.7 Å². The van der Waals surface area contributed by atoms with Crippen LogP contribution in [0.3, 0.4) is 0 Å². The lowest BCUT2D eigenvalue weighted by atomic mass is 9.91. The van der Waals surface area contributed by atoms with Crippen LogP contribution in [0.2, 0.25) is 0 Å². The summed E-state index contributed by atoms with van der Waals surface area (Å²) in [5, 5.41) is 12.3. The number of aryl methyl sites for hydroxylation is 1. The van der Waals surface area contributed by atoms with Crippen molar-refractivity contribution in [3.63, 3.8) is 0 Å². The van der Waals surface area contributed by atoms with Gasteiger partial charge in [-0.3, -0.25) is 0 Å². The van der Waals surface area contributed by atoms with Crippen molar-refractivity contribution in [1.29, 1.82) is 0 Å². The molecule has 1 aliphatic heterocycles. The van der Waals surface area contributed by atoms with Crippen molar-refractivity contribution in [2.75, 3.05) is 6.54 Å². The Morgan fingerprint density at radius 1 is 1.38 bits per heavy atom. The molecule has 0 aromatic carbocycles. The molecule has 1 aromatic rings. The molecule has 0 amide bonds. The molecule has 1 atom stereocenters. The number of hydrogen-bond donors (Lipinski definition) is 1. The molecule has 1 saturated heterocycles. The third kappa shape index (κ3) is 1.75. The highest BCUT2D eigenvalue weighted by Crippen LogP contribution is 2.34. The van der Waals surface area contributed by atoms with E-state index in [-0.39, 0.29) is 5.54 Å². The van der Waals surface area contributed by atoms with Crippen molar-refractivity contribution in [1.82, 2.24) is 20.1 Å². The lowest BCUT2D eigenvalue weighted by Crippen LogP contribution is -2.39. The topological polar surface area (TPSA) is 42.7 Å². The first kappa shape index (κ1) is 11.6. The fraction of sp³-hybridized carbons (Fsp3) is 0.833. The first-order valence-electron chi connectivity index (χ1n) is 6.39. The van der Waals surface area contributed by atoms with E-state index in [0.717, 1.165) is 31.2 Å². The summed E-state index contributed by atoms with van der Waals surface area (Å²) in [7, 11) is 0. The molecule has 16 heavy (non-hydrogen) atoms. The molecule has 2 rings (SSSR count). The van der Waals surface area contributed by atoms with Gasteiger partial charge in [0.25, 0.3) is 0 Å². The monoisotopic (exact) mass is 222 g/mol. The van der Waals surface area contributed by atoms with Crippen LogP contribution < -0.4 is 5.32 Å². The normalized spacial score (nSPS) is 25.2. The highest BCUT2D eigenvalue weighted by atomic mass is 15.3. The maximum absolute atomic E-state index is 4.41. The van der Waals surface area contributed by atoms with Crippen LogP contribution in [0.1, 0.15) is 51.2 Å². The zero-order valence-corrected chi connectivity index (χ0v) is 10.6. The summed E-state index contributed by atoms with van der Waals surface area (Å²) >= 11 is 0. The lowest BCUT2D eigenvalue weighted by molar-refractivity contribution is 0.320. The van der Waals surface area contributed by atoms with E-state index in [1.165, 1.54) is 19.3 Å². The van der Waals surface area contributed by atoms with Crippen molar-refractivity contribution in [2.45, 2.75) is 58.5 Å². The van der Waals surface area contributed by atoms with Crippen molar-refractivity contribution in [3.8, 4) is 0 Å². The van der Waals surface area contributed by atoms with Gasteiger partial charge in [-0.15, -0.1) is 10.2 Å². The van der Waals surface area contributed by atoms with Gasteiger partial charge >= 0.3 is 0 Å². The zero-order chi connectivity index (χ0) is 11.6. The number of rotatable bonds is 4. The minimum atomic E-state index is 0.0893. The third-order valence-corrected chi connectivity index (χ3v) is 3.60. The van der Waals surface area contributed by atoms with E-state index in [0.29, 0.717) is 0 Å². The average molecular weight is 222 g/mol. The first-order valence-corrected chi connectivity index (χ1v) is 6.39. The molecule has 2 heterocycles. The average Bonchev–Trinajstić information content (AvgIpc) is 2.86. The second-order valence-electron chi connectivity index (χ2n) is 4.68. The molecule has 0 spiro atoms. The zero-order valence-electron chi connectivity index (χ0n) is 10.6. The number of nitrogens with zero attached hydrogens (tertiary/aromatic N) is 3. The van der Waals surface area contributed by atoms with Crippen LogP contribution in [0.4, 0.5) is 0 Å². The Labute approximate surface area is 97.5 Å². The Bertz CT molecular complexity index is 350. The summed E-state index contributed by atoms with van der Waals surface area (Å²) in [6.07, 6.45) is 4.78. The molecule has 0 radical (unpaired) electrons. The Kier molecular flexibility index (Phi) is 3.28. The van der Waals surface area contributed by atoms with Crippen LogP contribution in [0.25, 0.3) is 0 Å². The first-order chi connectivity index (χ1) is 7.73. The van der Waals surface area contributed by atoms with E-state index in [1.807, 2.05) is 6.92 Å². The minimum Gasteiger partial charge on any atom is -0.314 e. The van der Waals surface area contributed by atoms with E-state index in [1.54, 1.807) is 0 Å². The molecular weight excluding hydrogens is 200 g/mol. The maximum atomic E-state index is 4.41. The van der Waals surface area contributed by atoms with Gasteiger partial charge in [-0.25, -0.2) is 0 Å². The highest BCUT2D eigenvalue weighted by Gasteiger charge is 2.38. The van der Waals surface area contributed by atoms with E-state index >= 15 is 0 Å². The van der Waals surface area contributed by atoms with Crippen LogP contribution >= 0.6 is 0 Å². The fourth-order valence-corrected chi connectivity index (χ4v) is 2.86. The largest absolute Gasteiger partial charge is 0.314 e. The molecular formula is C12H22N4. The summed E-state index contributed by atoms with van der Waals surface area (Å²) < 4.78 is 2.24. The lowest BCUT2D eigenvalue weighted by Gasteiger charge is -2.28. The molecule has 1 aromatic heterocycles. The summed E-state index contributed by atoms with van der Waals surface area (Å²) in [6.45, 7) is 8.50. The summed E-state index contributed by atoms with van der Waals surface area (Å²) in [5.74, 6) is 2.17. The smallest absolute Gasteiger partial charge is 0.153 e. The predicted molar refractivity (Wildman–Crippen MR) is 64.3 cm³/mol. The van der Waals surface area contributed by atoms with Crippen molar-refractivity contribution < 1.29 is 0 Å². The Morgan fingerprint density at radius 2 is 2.19 bits per heavy atom. The van der Waals surface area contributed by atoms with Crippen LogP contribution in [0.15, 0.2) is 0 Å². The van der Waals surface area contributed by atoms with Crippen LogP contribution in [-0.2, 0) is 12.1 Å². The van der Waals surface area contributed by atoms with Crippen LogP contribution in [0.5, 0.6) is 0 Å². The highest BCUT2D eigenvalue weighted by molar-refractivity contribution is 5.11. The predicted octanol–water partition coefficient (Wildman–Crippen LogP) is 1.99. The van der Waals surface area contributed by atoms with Gasteiger partial charge in [0.2, 0.25) is 0 Å². The van der Waals surface area contributed by atoms with Gasteiger partial charge in [0.15, 0.2) is 5.82 Å². The molecule has 0 saturated carbocycles. The molecule has 4 nitrogen and oxygen atoms in total. The summed E-state index contributed by atoms with van der Waals surface area (Å²) in [4.78, 5) is 0. The number of hydrogen-bond acceptors (Lipinski definition) is 3. The third-order valence-electron chi connectivity index (χ3n) is 3.60. The fourth-order valence-electron chi connectivity index (χ4n) is 2.86.